The predicted molar refractivity (Wildman–Crippen MR) is 196 cm³/mol. The number of hydrogen-bond acceptors (Lipinski definition) is 4. The summed E-state index contributed by atoms with van der Waals surface area (Å²) in [7, 11) is 0. The number of rotatable bonds is 4. The van der Waals surface area contributed by atoms with Gasteiger partial charge >= 0.3 is 5.97 Å². The van der Waals surface area contributed by atoms with Crippen LogP contribution < -0.4 is 9.64 Å². The number of ether oxygens (including phenoxy) is 2. The number of carbonyl (C=O) groups is 1. The van der Waals surface area contributed by atoms with E-state index in [1.54, 1.807) is 6.07 Å². The van der Waals surface area contributed by atoms with Crippen LogP contribution in [0.25, 0.3) is 28.0 Å². The largest absolute Gasteiger partial charge is 0.478 e. The minimum atomic E-state index is -0.873. The molecule has 1 atom stereocenters. The topological polar surface area (TPSA) is 59.0 Å². The maximum absolute atomic E-state index is 12.3. The van der Waals surface area contributed by atoms with Crippen molar-refractivity contribution < 1.29 is 19.4 Å². The highest BCUT2D eigenvalue weighted by Gasteiger charge is 2.48. The number of hydrogen-bond donors (Lipinski definition) is 1. The van der Waals surface area contributed by atoms with E-state index in [1.165, 1.54) is 52.6 Å². The van der Waals surface area contributed by atoms with Gasteiger partial charge in [0.1, 0.15) is 5.75 Å². The van der Waals surface area contributed by atoms with E-state index in [9.17, 15) is 9.90 Å². The molecule has 0 amide bonds. The molecule has 5 heteroatoms. The fourth-order valence-corrected chi connectivity index (χ4v) is 9.23. The zero-order chi connectivity index (χ0) is 33.0. The Hall–Kier alpha value is -4.87. The van der Waals surface area contributed by atoms with Gasteiger partial charge in [-0.3, -0.25) is 0 Å². The van der Waals surface area contributed by atoms with Crippen molar-refractivity contribution in [2.75, 3.05) is 31.2 Å². The SMILES string of the molecule is O=C(O)c1ccc2c(c1)C1(CCCCCCC1)c1c3c(c4ccccc4c1-2)OC(c1ccccc1)(c1ccc(N2CCOCC2)cc1)C=C3. The molecule has 0 bridgehead atoms. The molecule has 1 N–H and O–H groups in total. The Balaban J connectivity index is 1.28. The van der Waals surface area contributed by atoms with Crippen molar-refractivity contribution in [3.05, 3.63) is 137 Å². The molecule has 2 fully saturated rings. The van der Waals surface area contributed by atoms with E-state index in [0.29, 0.717) is 5.56 Å². The van der Waals surface area contributed by atoms with Crippen molar-refractivity contribution in [1.82, 2.24) is 0 Å². The van der Waals surface area contributed by atoms with E-state index >= 15 is 0 Å². The van der Waals surface area contributed by atoms with Crippen molar-refractivity contribution in [2.45, 2.75) is 56.0 Å². The van der Waals surface area contributed by atoms with Crippen molar-refractivity contribution in [3.8, 4) is 16.9 Å². The number of carboxylic acid groups (broad SMARTS) is 1. The summed E-state index contributed by atoms with van der Waals surface area (Å²) in [6, 6.07) is 34.0. The number of nitrogens with zero attached hydrogens (tertiary/aromatic N) is 1. The highest BCUT2D eigenvalue weighted by Crippen LogP contribution is 2.61. The van der Waals surface area contributed by atoms with E-state index in [1.807, 2.05) is 6.07 Å². The van der Waals surface area contributed by atoms with Gasteiger partial charge in [-0.15, -0.1) is 0 Å². The Bertz CT molecular complexity index is 2090. The number of aromatic carboxylic acids is 1. The smallest absolute Gasteiger partial charge is 0.335 e. The van der Waals surface area contributed by atoms with Crippen LogP contribution in [0.4, 0.5) is 5.69 Å². The van der Waals surface area contributed by atoms with Crippen LogP contribution in [-0.4, -0.2) is 37.4 Å². The molecule has 1 spiro atoms. The first-order valence-electron chi connectivity index (χ1n) is 17.9. The summed E-state index contributed by atoms with van der Waals surface area (Å²) in [6.45, 7) is 3.28. The van der Waals surface area contributed by atoms with E-state index < -0.39 is 11.6 Å². The van der Waals surface area contributed by atoms with Crippen LogP contribution in [0.15, 0.2) is 103 Å². The quantitative estimate of drug-likeness (QED) is 0.211. The lowest BCUT2D eigenvalue weighted by atomic mass is 9.67. The molecule has 5 aromatic carbocycles. The second-order valence-corrected chi connectivity index (χ2v) is 14.1. The van der Waals surface area contributed by atoms with Crippen LogP contribution in [-0.2, 0) is 15.8 Å². The van der Waals surface area contributed by atoms with Gasteiger partial charge in [0, 0.05) is 46.3 Å². The van der Waals surface area contributed by atoms with Crippen molar-refractivity contribution >= 4 is 28.5 Å². The summed E-state index contributed by atoms with van der Waals surface area (Å²) in [6.07, 6.45) is 12.5. The van der Waals surface area contributed by atoms with E-state index in [0.717, 1.165) is 79.8 Å². The average molecular weight is 648 g/mol. The maximum Gasteiger partial charge on any atom is 0.335 e. The second-order valence-electron chi connectivity index (χ2n) is 14.1. The first-order chi connectivity index (χ1) is 24.1. The molecule has 1 saturated carbocycles. The molecular formula is C44H41NO4. The molecular weight excluding hydrogens is 606 g/mol. The molecule has 0 radical (unpaired) electrons. The molecule has 4 aliphatic rings. The zero-order valence-corrected chi connectivity index (χ0v) is 27.8. The second kappa shape index (κ2) is 11.9. The third-order valence-electron chi connectivity index (χ3n) is 11.6. The fraction of sp³-hybridized carbons (Fsp3) is 0.295. The van der Waals surface area contributed by atoms with Gasteiger partial charge in [-0.25, -0.2) is 4.79 Å². The molecule has 1 unspecified atom stereocenters. The van der Waals surface area contributed by atoms with Crippen LogP contribution in [0.1, 0.15) is 83.1 Å². The van der Waals surface area contributed by atoms with Gasteiger partial charge in [0.25, 0.3) is 0 Å². The van der Waals surface area contributed by atoms with Gasteiger partial charge in [-0.05, 0) is 70.8 Å². The molecule has 246 valence electrons. The van der Waals surface area contributed by atoms with Crippen LogP contribution in [0.2, 0.25) is 0 Å². The Morgan fingerprint density at radius 3 is 2.14 bits per heavy atom. The minimum Gasteiger partial charge on any atom is -0.478 e. The van der Waals surface area contributed by atoms with Crippen molar-refractivity contribution in [3.63, 3.8) is 0 Å². The summed E-state index contributed by atoms with van der Waals surface area (Å²) in [5.41, 5.74) is 8.67. The summed E-state index contributed by atoms with van der Waals surface area (Å²) in [5.74, 6) is 0.0350. The average Bonchev–Trinajstić information content (AvgIpc) is 3.44. The number of benzene rings is 5. The molecule has 2 aliphatic heterocycles. The molecule has 9 rings (SSSR count). The van der Waals surface area contributed by atoms with Gasteiger partial charge < -0.3 is 19.5 Å². The van der Waals surface area contributed by atoms with Crippen LogP contribution in [0.3, 0.4) is 0 Å². The number of carboxylic acids is 1. The van der Waals surface area contributed by atoms with Gasteiger partial charge in [-0.1, -0.05) is 111 Å². The monoisotopic (exact) mass is 647 g/mol. The molecule has 5 aromatic rings. The predicted octanol–water partition coefficient (Wildman–Crippen LogP) is 9.73. The Labute approximate surface area is 287 Å². The van der Waals surface area contributed by atoms with Crippen molar-refractivity contribution in [1.29, 1.82) is 0 Å². The molecule has 1 saturated heterocycles. The molecule has 2 heterocycles. The van der Waals surface area contributed by atoms with Crippen LogP contribution >= 0.6 is 0 Å². The van der Waals surface area contributed by atoms with Crippen LogP contribution in [0.5, 0.6) is 5.75 Å². The molecule has 49 heavy (non-hydrogen) atoms. The number of fused-ring (bicyclic) bond motifs is 10. The number of anilines is 1. The Kier molecular flexibility index (Phi) is 7.35. The van der Waals surface area contributed by atoms with E-state index in [-0.39, 0.29) is 5.41 Å². The van der Waals surface area contributed by atoms with Crippen LogP contribution in [0, 0.1) is 0 Å². The fourth-order valence-electron chi connectivity index (χ4n) is 9.23. The lowest BCUT2D eigenvalue weighted by Crippen LogP contribution is -2.37. The first kappa shape index (κ1) is 30.2. The van der Waals surface area contributed by atoms with Crippen molar-refractivity contribution in [2.24, 2.45) is 0 Å². The maximum atomic E-state index is 12.3. The van der Waals surface area contributed by atoms with E-state index in [2.05, 4.69) is 102 Å². The lowest BCUT2D eigenvalue weighted by molar-refractivity contribution is 0.0696. The molecule has 2 aliphatic carbocycles. The normalized spacial score (nSPS) is 20.9. The third-order valence-corrected chi connectivity index (χ3v) is 11.6. The highest BCUT2D eigenvalue weighted by atomic mass is 16.5. The zero-order valence-electron chi connectivity index (χ0n) is 27.8. The molecule has 0 aromatic heterocycles. The van der Waals surface area contributed by atoms with E-state index in [4.69, 9.17) is 9.47 Å². The van der Waals surface area contributed by atoms with Gasteiger partial charge in [0.05, 0.1) is 18.8 Å². The lowest BCUT2D eigenvalue weighted by Gasteiger charge is -2.40. The Morgan fingerprint density at radius 2 is 1.41 bits per heavy atom. The Morgan fingerprint density at radius 1 is 0.735 bits per heavy atom. The summed E-state index contributed by atoms with van der Waals surface area (Å²) < 4.78 is 13.2. The summed E-state index contributed by atoms with van der Waals surface area (Å²) in [4.78, 5) is 14.7. The highest BCUT2D eigenvalue weighted by molar-refractivity contribution is 6.09. The minimum absolute atomic E-state index is 0.273. The first-order valence-corrected chi connectivity index (χ1v) is 17.9. The van der Waals surface area contributed by atoms with Gasteiger partial charge in [-0.2, -0.15) is 0 Å². The summed E-state index contributed by atoms with van der Waals surface area (Å²) >= 11 is 0. The molecule has 5 nitrogen and oxygen atoms in total. The number of morpholine rings is 1. The standard InChI is InChI=1S/C44H41NO4/c46-42(47)30-15-20-36-38(29-30)43(22-9-2-1-3-10-23-43)40-37-21-24-44(31-11-5-4-6-12-31,49-41(37)35-14-8-7-13-34(35)39(36)40)32-16-18-33(19-17-32)45-25-27-48-28-26-45/h4-8,11-21,24,29H,1-3,9-10,22-23,25-28H2,(H,46,47). The third kappa shape index (κ3) is 4.74. The van der Waals surface area contributed by atoms with Gasteiger partial charge in [0.2, 0.25) is 0 Å². The van der Waals surface area contributed by atoms with Gasteiger partial charge in [0.15, 0.2) is 5.60 Å². The summed E-state index contributed by atoms with van der Waals surface area (Å²) in [5, 5.41) is 12.4.